The van der Waals surface area contributed by atoms with E-state index in [2.05, 4.69) is 20.8 Å². The van der Waals surface area contributed by atoms with E-state index in [9.17, 15) is 0 Å². The van der Waals surface area contributed by atoms with Crippen molar-refractivity contribution < 1.29 is 4.74 Å². The molecule has 0 saturated carbocycles. The molecule has 0 aromatic rings. The van der Waals surface area contributed by atoms with Gasteiger partial charge in [-0.3, -0.25) is 0 Å². The average Bonchev–Trinajstić information content (AvgIpc) is 2.23. The molecule has 1 heteroatoms. The molecule has 0 aromatic heterocycles. The van der Waals surface area contributed by atoms with Crippen LogP contribution in [0.4, 0.5) is 0 Å². The first kappa shape index (κ1) is 15.0. The monoisotopic (exact) mass is 213 g/mol. The maximum Gasteiger partial charge on any atom is 0.0547 e. The standard InChI is InChI=1S/C14H29O/c1-4-6-8-9-10-11-12-14(3)15-13-7-5-2/h14H,2,4-13H2,1,3H3. The normalized spacial score (nSPS) is 13.0. The topological polar surface area (TPSA) is 9.23 Å². The fourth-order valence-electron chi connectivity index (χ4n) is 1.68. The highest BCUT2D eigenvalue weighted by Gasteiger charge is 2.00. The van der Waals surface area contributed by atoms with E-state index in [-0.39, 0.29) is 0 Å². The first-order chi connectivity index (χ1) is 7.31. The van der Waals surface area contributed by atoms with Gasteiger partial charge in [0.25, 0.3) is 0 Å². The van der Waals surface area contributed by atoms with E-state index in [1.54, 1.807) is 0 Å². The third kappa shape index (κ3) is 11.9. The summed E-state index contributed by atoms with van der Waals surface area (Å²) in [6, 6.07) is 0. The van der Waals surface area contributed by atoms with Crippen molar-refractivity contribution in [2.75, 3.05) is 6.61 Å². The Morgan fingerprint density at radius 2 is 1.67 bits per heavy atom. The van der Waals surface area contributed by atoms with Crippen LogP contribution < -0.4 is 0 Å². The highest BCUT2D eigenvalue weighted by molar-refractivity contribution is 4.52. The number of unbranched alkanes of at least 4 members (excludes halogenated alkanes) is 6. The molecule has 0 rings (SSSR count). The largest absolute Gasteiger partial charge is 0.379 e. The van der Waals surface area contributed by atoms with Gasteiger partial charge in [0.1, 0.15) is 0 Å². The molecule has 0 aliphatic rings. The van der Waals surface area contributed by atoms with Crippen LogP contribution in [0.25, 0.3) is 0 Å². The minimum Gasteiger partial charge on any atom is -0.379 e. The second-order valence-electron chi connectivity index (χ2n) is 4.44. The predicted molar refractivity (Wildman–Crippen MR) is 68.0 cm³/mol. The third-order valence-electron chi connectivity index (χ3n) is 2.76. The van der Waals surface area contributed by atoms with Gasteiger partial charge in [0.05, 0.1) is 6.10 Å². The van der Waals surface area contributed by atoms with Crippen molar-refractivity contribution in [2.45, 2.75) is 77.7 Å². The van der Waals surface area contributed by atoms with Crippen molar-refractivity contribution in [3.05, 3.63) is 6.92 Å². The summed E-state index contributed by atoms with van der Waals surface area (Å²) in [7, 11) is 0. The van der Waals surface area contributed by atoms with Gasteiger partial charge in [-0.15, -0.1) is 0 Å². The SMILES string of the molecule is [CH2]CCCOC(C)CCCCCCCC. The number of hydrogen-bond donors (Lipinski definition) is 0. The lowest BCUT2D eigenvalue weighted by Crippen LogP contribution is -2.08. The summed E-state index contributed by atoms with van der Waals surface area (Å²) in [5.74, 6) is 0. The molecular formula is C14H29O. The zero-order valence-corrected chi connectivity index (χ0v) is 10.8. The summed E-state index contributed by atoms with van der Waals surface area (Å²) < 4.78 is 5.67. The van der Waals surface area contributed by atoms with E-state index >= 15 is 0 Å². The number of rotatable bonds is 11. The summed E-state index contributed by atoms with van der Waals surface area (Å²) in [5.41, 5.74) is 0. The van der Waals surface area contributed by atoms with E-state index in [1.807, 2.05) is 0 Å². The van der Waals surface area contributed by atoms with Gasteiger partial charge in [-0.25, -0.2) is 0 Å². The number of ether oxygens (including phenoxy) is 1. The van der Waals surface area contributed by atoms with E-state index in [4.69, 9.17) is 4.74 Å². The van der Waals surface area contributed by atoms with Crippen LogP contribution in [-0.2, 0) is 4.74 Å². The van der Waals surface area contributed by atoms with Crippen LogP contribution in [0, 0.1) is 6.92 Å². The van der Waals surface area contributed by atoms with Gasteiger partial charge in [-0.1, -0.05) is 58.8 Å². The quantitative estimate of drug-likeness (QED) is 0.450. The van der Waals surface area contributed by atoms with Crippen molar-refractivity contribution in [1.29, 1.82) is 0 Å². The molecular weight excluding hydrogens is 184 g/mol. The molecule has 91 valence electrons. The molecule has 15 heavy (non-hydrogen) atoms. The van der Waals surface area contributed by atoms with Crippen molar-refractivity contribution in [1.82, 2.24) is 0 Å². The van der Waals surface area contributed by atoms with Gasteiger partial charge in [0, 0.05) is 6.61 Å². The van der Waals surface area contributed by atoms with E-state index < -0.39 is 0 Å². The van der Waals surface area contributed by atoms with Crippen LogP contribution in [0.2, 0.25) is 0 Å². The maximum absolute atomic E-state index is 5.67. The highest BCUT2D eigenvalue weighted by Crippen LogP contribution is 2.10. The minimum atomic E-state index is 0.447. The highest BCUT2D eigenvalue weighted by atomic mass is 16.5. The molecule has 1 radical (unpaired) electrons. The first-order valence-electron chi connectivity index (χ1n) is 6.72. The van der Waals surface area contributed by atoms with Crippen LogP contribution in [-0.4, -0.2) is 12.7 Å². The second kappa shape index (κ2) is 12.0. The number of hydrogen-bond acceptors (Lipinski definition) is 1. The summed E-state index contributed by atoms with van der Waals surface area (Å²) in [6.45, 7) is 9.15. The molecule has 0 aromatic carbocycles. The van der Waals surface area contributed by atoms with Gasteiger partial charge < -0.3 is 4.74 Å². The third-order valence-corrected chi connectivity index (χ3v) is 2.76. The van der Waals surface area contributed by atoms with E-state index in [0.29, 0.717) is 6.10 Å². The Morgan fingerprint density at radius 3 is 2.33 bits per heavy atom. The van der Waals surface area contributed by atoms with Crippen molar-refractivity contribution >= 4 is 0 Å². The first-order valence-corrected chi connectivity index (χ1v) is 6.72. The Kier molecular flexibility index (Phi) is 12.0. The van der Waals surface area contributed by atoms with Crippen LogP contribution in [0.3, 0.4) is 0 Å². The van der Waals surface area contributed by atoms with Crippen molar-refractivity contribution in [3.63, 3.8) is 0 Å². The van der Waals surface area contributed by atoms with Crippen molar-refractivity contribution in [3.8, 4) is 0 Å². The summed E-state index contributed by atoms with van der Waals surface area (Å²) in [6.07, 6.45) is 12.0. The van der Waals surface area contributed by atoms with Gasteiger partial charge in [0.2, 0.25) is 0 Å². The summed E-state index contributed by atoms with van der Waals surface area (Å²) >= 11 is 0. The van der Waals surface area contributed by atoms with E-state index in [1.165, 1.54) is 44.9 Å². The molecule has 1 unspecified atom stereocenters. The van der Waals surface area contributed by atoms with Crippen LogP contribution in [0.1, 0.15) is 71.6 Å². The average molecular weight is 213 g/mol. The lowest BCUT2D eigenvalue weighted by atomic mass is 10.1. The maximum atomic E-state index is 5.67. The molecule has 0 spiro atoms. The molecule has 0 fully saturated rings. The molecule has 0 amide bonds. The predicted octanol–water partition coefficient (Wildman–Crippen LogP) is 4.76. The van der Waals surface area contributed by atoms with Gasteiger partial charge in [-0.2, -0.15) is 0 Å². The van der Waals surface area contributed by atoms with Gasteiger partial charge in [0.15, 0.2) is 0 Å². The van der Waals surface area contributed by atoms with Gasteiger partial charge >= 0.3 is 0 Å². The second-order valence-corrected chi connectivity index (χ2v) is 4.44. The molecule has 0 aliphatic carbocycles. The Labute approximate surface area is 96.6 Å². The molecule has 0 aliphatic heterocycles. The fraction of sp³-hybridized carbons (Fsp3) is 0.929. The summed E-state index contributed by atoms with van der Waals surface area (Å²) in [4.78, 5) is 0. The van der Waals surface area contributed by atoms with Crippen LogP contribution >= 0.6 is 0 Å². The van der Waals surface area contributed by atoms with E-state index in [0.717, 1.165) is 19.4 Å². The zero-order valence-electron chi connectivity index (χ0n) is 10.8. The molecule has 1 nitrogen and oxygen atoms in total. The van der Waals surface area contributed by atoms with Crippen LogP contribution in [0.15, 0.2) is 0 Å². The molecule has 0 bridgehead atoms. The minimum absolute atomic E-state index is 0.447. The molecule has 1 atom stereocenters. The lowest BCUT2D eigenvalue weighted by molar-refractivity contribution is 0.0572. The van der Waals surface area contributed by atoms with Gasteiger partial charge in [-0.05, 0) is 19.8 Å². The zero-order chi connectivity index (χ0) is 11.4. The molecule has 0 heterocycles. The lowest BCUT2D eigenvalue weighted by Gasteiger charge is -2.12. The Balaban J connectivity index is 3.06. The Hall–Kier alpha value is -0.0400. The molecule has 0 N–H and O–H groups in total. The van der Waals surface area contributed by atoms with Crippen molar-refractivity contribution in [2.24, 2.45) is 0 Å². The fourth-order valence-corrected chi connectivity index (χ4v) is 1.68. The Bertz CT molecular complexity index is 112. The Morgan fingerprint density at radius 1 is 1.00 bits per heavy atom. The molecule has 0 saturated heterocycles. The smallest absolute Gasteiger partial charge is 0.0547 e. The van der Waals surface area contributed by atoms with Crippen LogP contribution in [0.5, 0.6) is 0 Å². The summed E-state index contributed by atoms with van der Waals surface area (Å²) in [5, 5.41) is 0.